The van der Waals surface area contributed by atoms with Crippen molar-refractivity contribution in [3.05, 3.63) is 34.3 Å². The molecule has 1 nitrogen and oxygen atoms in total. The average molecular weight is 336 g/mol. The molecule has 0 amide bonds. The maximum atomic E-state index is 3.88. The first-order valence-electron chi connectivity index (χ1n) is 8.24. The predicted molar refractivity (Wildman–Crippen MR) is 88.8 cm³/mol. The molecule has 3 rings (SSSR count). The Morgan fingerprint density at radius 3 is 2.60 bits per heavy atom. The van der Waals surface area contributed by atoms with Crippen LogP contribution in [-0.2, 0) is 0 Å². The average Bonchev–Trinajstić information content (AvgIpc) is 2.47. The molecule has 2 aliphatic carbocycles. The summed E-state index contributed by atoms with van der Waals surface area (Å²) in [6.45, 7) is 2.30. The van der Waals surface area contributed by atoms with Gasteiger partial charge in [0.2, 0.25) is 0 Å². The van der Waals surface area contributed by atoms with E-state index in [1.807, 2.05) is 0 Å². The van der Waals surface area contributed by atoms with Crippen LogP contribution in [0.25, 0.3) is 0 Å². The molecule has 1 N–H and O–H groups in total. The summed E-state index contributed by atoms with van der Waals surface area (Å²) in [5, 5.41) is 3.88. The zero-order chi connectivity index (χ0) is 13.9. The van der Waals surface area contributed by atoms with E-state index in [4.69, 9.17) is 0 Å². The van der Waals surface area contributed by atoms with Crippen LogP contribution in [0, 0.1) is 11.8 Å². The lowest BCUT2D eigenvalue weighted by Gasteiger charge is -2.40. The van der Waals surface area contributed by atoms with Crippen molar-refractivity contribution in [2.45, 2.75) is 64.0 Å². The Balaban J connectivity index is 1.59. The second kappa shape index (κ2) is 6.62. The number of hydrogen-bond donors (Lipinski definition) is 1. The lowest BCUT2D eigenvalue weighted by atomic mass is 9.69. The van der Waals surface area contributed by atoms with Crippen molar-refractivity contribution < 1.29 is 0 Å². The minimum absolute atomic E-state index is 0.440. The molecule has 2 aliphatic rings. The molecular formula is C18H26BrN. The van der Waals surface area contributed by atoms with Gasteiger partial charge in [0.1, 0.15) is 0 Å². The van der Waals surface area contributed by atoms with Gasteiger partial charge in [0, 0.05) is 16.6 Å². The summed E-state index contributed by atoms with van der Waals surface area (Å²) < 4.78 is 1.23. The molecule has 1 aromatic rings. The van der Waals surface area contributed by atoms with E-state index in [9.17, 15) is 0 Å². The highest BCUT2D eigenvalue weighted by atomic mass is 79.9. The predicted octanol–water partition coefficient (Wildman–Crippen LogP) is 5.46. The number of hydrogen-bond acceptors (Lipinski definition) is 1. The Hall–Kier alpha value is -0.340. The van der Waals surface area contributed by atoms with Crippen molar-refractivity contribution in [3.63, 3.8) is 0 Å². The summed E-state index contributed by atoms with van der Waals surface area (Å²) in [6.07, 6.45) is 10.1. The molecule has 0 bridgehead atoms. The molecular weight excluding hydrogens is 310 g/mol. The number of halogens is 1. The van der Waals surface area contributed by atoms with Crippen LogP contribution in [0.4, 0.5) is 0 Å². The van der Waals surface area contributed by atoms with E-state index < -0.39 is 0 Å². The first kappa shape index (κ1) is 14.6. The highest BCUT2D eigenvalue weighted by Gasteiger charge is 2.32. The summed E-state index contributed by atoms with van der Waals surface area (Å²) >= 11 is 3.68. The maximum absolute atomic E-state index is 3.88. The standard InChI is InChI=1S/C18H26BrN/c1-13(17-8-4-5-9-18(17)19)20-16-11-10-14-6-2-3-7-15(14)12-16/h4-5,8-9,13-16,20H,2-3,6-7,10-12H2,1H3. The fourth-order valence-electron chi connectivity index (χ4n) is 4.29. The molecule has 0 spiro atoms. The van der Waals surface area contributed by atoms with Gasteiger partial charge in [-0.05, 0) is 49.7 Å². The van der Waals surface area contributed by atoms with E-state index in [0.29, 0.717) is 6.04 Å². The van der Waals surface area contributed by atoms with E-state index in [1.165, 1.54) is 55.0 Å². The van der Waals surface area contributed by atoms with Gasteiger partial charge in [-0.2, -0.15) is 0 Å². The van der Waals surface area contributed by atoms with E-state index >= 15 is 0 Å². The van der Waals surface area contributed by atoms with Crippen molar-refractivity contribution in [2.24, 2.45) is 11.8 Å². The van der Waals surface area contributed by atoms with Crippen LogP contribution in [0.5, 0.6) is 0 Å². The molecule has 110 valence electrons. The second-order valence-corrected chi connectivity index (χ2v) is 7.58. The van der Waals surface area contributed by atoms with Gasteiger partial charge in [0.25, 0.3) is 0 Å². The Labute approximate surface area is 131 Å². The van der Waals surface area contributed by atoms with Gasteiger partial charge in [-0.3, -0.25) is 0 Å². The number of benzene rings is 1. The van der Waals surface area contributed by atoms with Crippen molar-refractivity contribution in [3.8, 4) is 0 Å². The zero-order valence-electron chi connectivity index (χ0n) is 12.4. The highest BCUT2D eigenvalue weighted by Crippen LogP contribution is 2.41. The van der Waals surface area contributed by atoms with E-state index in [1.54, 1.807) is 0 Å². The van der Waals surface area contributed by atoms with Crippen LogP contribution in [0.15, 0.2) is 28.7 Å². The van der Waals surface area contributed by atoms with Crippen molar-refractivity contribution in [1.29, 1.82) is 0 Å². The molecule has 1 aromatic carbocycles. The Morgan fingerprint density at radius 1 is 1.05 bits per heavy atom. The van der Waals surface area contributed by atoms with Crippen molar-refractivity contribution in [1.82, 2.24) is 5.32 Å². The summed E-state index contributed by atoms with van der Waals surface area (Å²) in [4.78, 5) is 0. The maximum Gasteiger partial charge on any atom is 0.0305 e. The minimum Gasteiger partial charge on any atom is -0.307 e. The minimum atomic E-state index is 0.440. The summed E-state index contributed by atoms with van der Waals surface area (Å²) in [5.41, 5.74) is 1.39. The topological polar surface area (TPSA) is 12.0 Å². The number of nitrogens with one attached hydrogen (secondary N) is 1. The highest BCUT2D eigenvalue weighted by molar-refractivity contribution is 9.10. The molecule has 0 heterocycles. The lowest BCUT2D eigenvalue weighted by molar-refractivity contribution is 0.139. The molecule has 0 aliphatic heterocycles. The summed E-state index contributed by atoms with van der Waals surface area (Å²) in [7, 11) is 0. The summed E-state index contributed by atoms with van der Waals surface area (Å²) in [5.74, 6) is 2.04. The van der Waals surface area contributed by atoms with Crippen LogP contribution >= 0.6 is 15.9 Å². The lowest BCUT2D eigenvalue weighted by Crippen LogP contribution is -2.39. The van der Waals surface area contributed by atoms with E-state index in [2.05, 4.69) is 52.4 Å². The van der Waals surface area contributed by atoms with Crippen LogP contribution < -0.4 is 5.32 Å². The summed E-state index contributed by atoms with van der Waals surface area (Å²) in [6, 6.07) is 9.76. The molecule has 0 aromatic heterocycles. The van der Waals surface area contributed by atoms with Crippen LogP contribution in [-0.4, -0.2) is 6.04 Å². The van der Waals surface area contributed by atoms with Crippen LogP contribution in [0.2, 0.25) is 0 Å². The molecule has 4 atom stereocenters. The van der Waals surface area contributed by atoms with Gasteiger partial charge >= 0.3 is 0 Å². The van der Waals surface area contributed by atoms with Gasteiger partial charge in [-0.15, -0.1) is 0 Å². The van der Waals surface area contributed by atoms with Gasteiger partial charge in [0.15, 0.2) is 0 Å². The third-order valence-electron chi connectivity index (χ3n) is 5.40. The Bertz CT molecular complexity index is 445. The number of fused-ring (bicyclic) bond motifs is 1. The normalized spacial score (nSPS) is 31.6. The van der Waals surface area contributed by atoms with Gasteiger partial charge < -0.3 is 5.32 Å². The monoisotopic (exact) mass is 335 g/mol. The van der Waals surface area contributed by atoms with E-state index in [-0.39, 0.29) is 0 Å². The third kappa shape index (κ3) is 3.28. The smallest absolute Gasteiger partial charge is 0.0305 e. The third-order valence-corrected chi connectivity index (χ3v) is 6.12. The van der Waals surface area contributed by atoms with Gasteiger partial charge in [-0.1, -0.05) is 59.8 Å². The Morgan fingerprint density at radius 2 is 1.80 bits per heavy atom. The van der Waals surface area contributed by atoms with Crippen molar-refractivity contribution >= 4 is 15.9 Å². The molecule has 2 fully saturated rings. The molecule has 0 radical (unpaired) electrons. The van der Waals surface area contributed by atoms with Crippen LogP contribution in [0.3, 0.4) is 0 Å². The Kier molecular flexibility index (Phi) is 4.83. The molecule has 20 heavy (non-hydrogen) atoms. The first-order valence-corrected chi connectivity index (χ1v) is 9.04. The fraction of sp³-hybridized carbons (Fsp3) is 0.667. The molecule has 4 unspecified atom stereocenters. The SMILES string of the molecule is CC(NC1CCC2CCCCC2C1)c1ccccc1Br. The molecule has 2 saturated carbocycles. The second-order valence-electron chi connectivity index (χ2n) is 6.72. The fourth-order valence-corrected chi connectivity index (χ4v) is 4.92. The van der Waals surface area contributed by atoms with Gasteiger partial charge in [-0.25, -0.2) is 0 Å². The molecule has 2 heteroatoms. The number of rotatable bonds is 3. The molecule has 0 saturated heterocycles. The van der Waals surface area contributed by atoms with E-state index in [0.717, 1.165) is 17.9 Å². The van der Waals surface area contributed by atoms with Crippen molar-refractivity contribution in [2.75, 3.05) is 0 Å². The van der Waals surface area contributed by atoms with Gasteiger partial charge in [0.05, 0.1) is 0 Å². The first-order chi connectivity index (χ1) is 9.74. The quantitative estimate of drug-likeness (QED) is 0.773. The largest absolute Gasteiger partial charge is 0.307 e. The zero-order valence-corrected chi connectivity index (χ0v) is 14.0. The van der Waals surface area contributed by atoms with Crippen LogP contribution in [0.1, 0.15) is 63.5 Å².